The van der Waals surface area contributed by atoms with Crippen LogP contribution in [0.3, 0.4) is 0 Å². The number of ether oxygens (including phenoxy) is 1. The van der Waals surface area contributed by atoms with Gasteiger partial charge in [-0.25, -0.2) is 4.79 Å². The summed E-state index contributed by atoms with van der Waals surface area (Å²) in [5.74, 6) is 0. The highest BCUT2D eigenvalue weighted by atomic mass is 16.5. The average Bonchev–Trinajstić information content (AvgIpc) is 3.05. The first kappa shape index (κ1) is 16.1. The van der Waals surface area contributed by atoms with Crippen LogP contribution in [-0.4, -0.2) is 37.7 Å². The first-order chi connectivity index (χ1) is 10.8. The third-order valence-electron chi connectivity index (χ3n) is 3.34. The molecule has 2 rings (SSSR count). The summed E-state index contributed by atoms with van der Waals surface area (Å²) in [5.41, 5.74) is 2.18. The number of urea groups is 1. The van der Waals surface area contributed by atoms with Crippen molar-refractivity contribution in [3.63, 3.8) is 0 Å². The van der Waals surface area contributed by atoms with Gasteiger partial charge in [-0.2, -0.15) is 0 Å². The molecule has 5 nitrogen and oxygen atoms in total. The van der Waals surface area contributed by atoms with E-state index in [1.807, 2.05) is 24.3 Å². The van der Waals surface area contributed by atoms with Crippen LogP contribution < -0.4 is 5.32 Å². The van der Waals surface area contributed by atoms with E-state index in [0.717, 1.165) is 12.0 Å². The van der Waals surface area contributed by atoms with Crippen LogP contribution >= 0.6 is 0 Å². The second kappa shape index (κ2) is 8.89. The Morgan fingerprint density at radius 2 is 2.05 bits per heavy atom. The smallest absolute Gasteiger partial charge is 0.317 e. The number of furan rings is 1. The molecule has 2 aromatic rings. The molecule has 1 N–H and O–H groups in total. The lowest BCUT2D eigenvalue weighted by Gasteiger charge is -2.22. The summed E-state index contributed by atoms with van der Waals surface area (Å²) in [4.78, 5) is 14.0. The van der Waals surface area contributed by atoms with Crippen molar-refractivity contribution < 1.29 is 13.9 Å². The van der Waals surface area contributed by atoms with E-state index < -0.39 is 0 Å². The van der Waals surface area contributed by atoms with E-state index in [1.165, 1.54) is 5.56 Å². The van der Waals surface area contributed by atoms with Gasteiger partial charge in [-0.3, -0.25) is 0 Å². The third kappa shape index (κ3) is 5.26. The standard InChI is InChI=1S/C17H22N2O3/c1-21-12-10-19(13-16-8-11-22-14-16)17(20)18-9-7-15-5-3-2-4-6-15/h2-6,8,11,14H,7,9-10,12-13H2,1H3,(H,18,20). The first-order valence-electron chi connectivity index (χ1n) is 7.36. The second-order valence-electron chi connectivity index (χ2n) is 5.01. The largest absolute Gasteiger partial charge is 0.472 e. The minimum Gasteiger partial charge on any atom is -0.472 e. The molecule has 2 amide bonds. The zero-order chi connectivity index (χ0) is 15.6. The Balaban J connectivity index is 1.82. The van der Waals surface area contributed by atoms with Crippen molar-refractivity contribution in [3.8, 4) is 0 Å². The zero-order valence-electron chi connectivity index (χ0n) is 12.8. The Hall–Kier alpha value is -2.27. The lowest BCUT2D eigenvalue weighted by atomic mass is 10.1. The molecule has 22 heavy (non-hydrogen) atoms. The molecule has 118 valence electrons. The number of amides is 2. The Morgan fingerprint density at radius 1 is 1.23 bits per heavy atom. The summed E-state index contributed by atoms with van der Waals surface area (Å²) in [5, 5.41) is 2.95. The third-order valence-corrected chi connectivity index (χ3v) is 3.34. The Bertz CT molecular complexity index is 540. The van der Waals surface area contributed by atoms with Crippen LogP contribution in [0.4, 0.5) is 4.79 Å². The van der Waals surface area contributed by atoms with Gasteiger partial charge < -0.3 is 19.4 Å². The molecule has 0 aliphatic carbocycles. The van der Waals surface area contributed by atoms with Gasteiger partial charge in [-0.15, -0.1) is 0 Å². The highest BCUT2D eigenvalue weighted by Gasteiger charge is 2.13. The van der Waals surface area contributed by atoms with Crippen LogP contribution in [0.5, 0.6) is 0 Å². The fraction of sp³-hybridized carbons (Fsp3) is 0.353. The molecule has 0 bridgehead atoms. The molecule has 5 heteroatoms. The zero-order valence-corrected chi connectivity index (χ0v) is 12.8. The first-order valence-corrected chi connectivity index (χ1v) is 7.36. The Labute approximate surface area is 130 Å². The maximum atomic E-state index is 12.3. The number of methoxy groups -OCH3 is 1. The maximum Gasteiger partial charge on any atom is 0.317 e. The van der Waals surface area contributed by atoms with Crippen LogP contribution in [0.2, 0.25) is 0 Å². The van der Waals surface area contributed by atoms with E-state index in [2.05, 4.69) is 17.4 Å². The van der Waals surface area contributed by atoms with Gasteiger partial charge in [0.1, 0.15) is 0 Å². The van der Waals surface area contributed by atoms with Crippen LogP contribution in [0.15, 0.2) is 53.3 Å². The van der Waals surface area contributed by atoms with Gasteiger partial charge in [0.15, 0.2) is 0 Å². The molecule has 0 saturated heterocycles. The quantitative estimate of drug-likeness (QED) is 0.815. The molecule has 0 fully saturated rings. The van der Waals surface area contributed by atoms with E-state index in [1.54, 1.807) is 24.5 Å². The minimum absolute atomic E-state index is 0.0887. The molecule has 0 radical (unpaired) electrons. The van der Waals surface area contributed by atoms with Crippen molar-refractivity contribution in [3.05, 3.63) is 60.1 Å². The van der Waals surface area contributed by atoms with E-state index >= 15 is 0 Å². The molecule has 0 spiro atoms. The number of carbonyl (C=O) groups excluding carboxylic acids is 1. The molecule has 1 aromatic heterocycles. The van der Waals surface area contributed by atoms with E-state index in [0.29, 0.717) is 26.2 Å². The van der Waals surface area contributed by atoms with Crippen molar-refractivity contribution in [2.45, 2.75) is 13.0 Å². The summed E-state index contributed by atoms with van der Waals surface area (Å²) in [6.07, 6.45) is 4.07. The van der Waals surface area contributed by atoms with Gasteiger partial charge in [0.25, 0.3) is 0 Å². The normalized spacial score (nSPS) is 10.4. The van der Waals surface area contributed by atoms with Crippen molar-refractivity contribution in [2.75, 3.05) is 26.8 Å². The van der Waals surface area contributed by atoms with E-state index in [4.69, 9.17) is 9.15 Å². The molecule has 0 saturated carbocycles. The topological polar surface area (TPSA) is 54.7 Å². The van der Waals surface area contributed by atoms with Gasteiger partial charge in [-0.1, -0.05) is 30.3 Å². The number of nitrogens with one attached hydrogen (secondary N) is 1. The number of rotatable bonds is 8. The molecular formula is C17H22N2O3. The molecule has 0 aliphatic rings. The molecular weight excluding hydrogens is 280 g/mol. The lowest BCUT2D eigenvalue weighted by molar-refractivity contribution is 0.146. The van der Waals surface area contributed by atoms with Gasteiger partial charge in [0.05, 0.1) is 25.7 Å². The second-order valence-corrected chi connectivity index (χ2v) is 5.01. The van der Waals surface area contributed by atoms with Crippen LogP contribution in [-0.2, 0) is 17.7 Å². The number of nitrogens with zero attached hydrogens (tertiary/aromatic N) is 1. The predicted molar refractivity (Wildman–Crippen MR) is 84.5 cm³/mol. The van der Waals surface area contributed by atoms with E-state index in [9.17, 15) is 4.79 Å². The van der Waals surface area contributed by atoms with Crippen molar-refractivity contribution in [2.24, 2.45) is 0 Å². The van der Waals surface area contributed by atoms with E-state index in [-0.39, 0.29) is 6.03 Å². The number of hydrogen-bond donors (Lipinski definition) is 1. The molecule has 1 aromatic carbocycles. The maximum absolute atomic E-state index is 12.3. The van der Waals surface area contributed by atoms with Gasteiger partial charge in [0.2, 0.25) is 0 Å². The fourth-order valence-corrected chi connectivity index (χ4v) is 2.13. The summed E-state index contributed by atoms with van der Waals surface area (Å²) in [6.45, 7) is 2.16. The molecule has 0 unspecified atom stereocenters. The van der Waals surface area contributed by atoms with Crippen LogP contribution in [0, 0.1) is 0 Å². The van der Waals surface area contributed by atoms with Gasteiger partial charge in [-0.05, 0) is 18.1 Å². The fourth-order valence-electron chi connectivity index (χ4n) is 2.13. The van der Waals surface area contributed by atoms with Crippen molar-refractivity contribution >= 4 is 6.03 Å². The number of benzene rings is 1. The number of carbonyl (C=O) groups is 1. The highest BCUT2D eigenvalue weighted by Crippen LogP contribution is 2.06. The van der Waals surface area contributed by atoms with Crippen LogP contribution in [0.25, 0.3) is 0 Å². The van der Waals surface area contributed by atoms with Crippen molar-refractivity contribution in [1.29, 1.82) is 0 Å². The number of hydrogen-bond acceptors (Lipinski definition) is 3. The van der Waals surface area contributed by atoms with Gasteiger partial charge in [0, 0.05) is 25.8 Å². The summed E-state index contributed by atoms with van der Waals surface area (Å²) in [6, 6.07) is 11.9. The van der Waals surface area contributed by atoms with Crippen LogP contribution in [0.1, 0.15) is 11.1 Å². The molecule has 0 atom stereocenters. The summed E-state index contributed by atoms with van der Waals surface area (Å²) < 4.78 is 10.1. The minimum atomic E-state index is -0.0887. The Kier molecular flexibility index (Phi) is 6.51. The SMILES string of the molecule is COCCN(Cc1ccoc1)C(=O)NCCc1ccccc1. The Morgan fingerprint density at radius 3 is 2.73 bits per heavy atom. The molecule has 1 heterocycles. The summed E-state index contributed by atoms with van der Waals surface area (Å²) in [7, 11) is 1.63. The monoisotopic (exact) mass is 302 g/mol. The highest BCUT2D eigenvalue weighted by molar-refractivity contribution is 5.74. The predicted octanol–water partition coefficient (Wildman–Crippen LogP) is 2.68. The summed E-state index contributed by atoms with van der Waals surface area (Å²) >= 11 is 0. The van der Waals surface area contributed by atoms with Crippen molar-refractivity contribution in [1.82, 2.24) is 10.2 Å². The lowest BCUT2D eigenvalue weighted by Crippen LogP contribution is -2.41. The average molecular weight is 302 g/mol. The van der Waals surface area contributed by atoms with Gasteiger partial charge >= 0.3 is 6.03 Å². The molecule has 0 aliphatic heterocycles.